The maximum atomic E-state index is 11.6. The number of nitrogens with zero attached hydrogens (tertiary/aromatic N) is 2. The first-order valence-corrected chi connectivity index (χ1v) is 4.55. The molecule has 1 heterocycles. The summed E-state index contributed by atoms with van der Waals surface area (Å²) in [4.78, 5) is 15.5. The molecule has 0 aromatic carbocycles. The van der Waals surface area contributed by atoms with Crippen LogP contribution in [0.25, 0.3) is 0 Å². The van der Waals surface area contributed by atoms with E-state index in [4.69, 9.17) is 0 Å². The van der Waals surface area contributed by atoms with Crippen LogP contribution < -0.4 is 0 Å². The maximum absolute atomic E-state index is 11.6. The molecule has 0 spiro atoms. The molecule has 1 atom stereocenters. The van der Waals surface area contributed by atoms with Crippen LogP contribution in [0.1, 0.15) is 19.8 Å². The van der Waals surface area contributed by atoms with Gasteiger partial charge in [0.1, 0.15) is 0 Å². The van der Waals surface area contributed by atoms with Crippen LogP contribution in [0.2, 0.25) is 0 Å². The first-order chi connectivity index (χ1) is 5.61. The van der Waals surface area contributed by atoms with Crippen molar-refractivity contribution in [3.05, 3.63) is 0 Å². The molecule has 1 amide bonds. The van der Waals surface area contributed by atoms with E-state index in [2.05, 4.69) is 6.92 Å². The van der Waals surface area contributed by atoms with Crippen molar-refractivity contribution in [3.63, 3.8) is 0 Å². The number of carbonyl (C=O) groups excluding carboxylic acids is 1. The average Bonchev–Trinajstić information content (AvgIpc) is 2.33. The zero-order chi connectivity index (χ0) is 9.14. The van der Waals surface area contributed by atoms with Gasteiger partial charge >= 0.3 is 0 Å². The Hall–Kier alpha value is -0.570. The first-order valence-electron chi connectivity index (χ1n) is 4.55. The third-order valence-corrected chi connectivity index (χ3v) is 2.32. The van der Waals surface area contributed by atoms with E-state index in [1.165, 1.54) is 12.8 Å². The number of likely N-dealkylation sites (tertiary alicyclic amines) is 1. The summed E-state index contributed by atoms with van der Waals surface area (Å²) < 4.78 is 0. The van der Waals surface area contributed by atoms with Crippen molar-refractivity contribution in [3.8, 4) is 0 Å². The average molecular weight is 170 g/mol. The van der Waals surface area contributed by atoms with Gasteiger partial charge in [0, 0.05) is 12.6 Å². The summed E-state index contributed by atoms with van der Waals surface area (Å²) in [7, 11) is 3.86. The monoisotopic (exact) mass is 170 g/mol. The highest BCUT2D eigenvalue weighted by Gasteiger charge is 2.24. The molecule has 0 aromatic heterocycles. The molecule has 0 bridgehead atoms. The molecule has 3 heteroatoms. The van der Waals surface area contributed by atoms with E-state index in [9.17, 15) is 4.79 Å². The van der Waals surface area contributed by atoms with E-state index in [0.717, 1.165) is 6.54 Å². The van der Waals surface area contributed by atoms with Crippen molar-refractivity contribution in [1.82, 2.24) is 9.80 Å². The number of amides is 1. The zero-order valence-corrected chi connectivity index (χ0v) is 8.21. The van der Waals surface area contributed by atoms with Crippen molar-refractivity contribution >= 4 is 5.91 Å². The molecular formula is C9H18N2O. The fourth-order valence-electron chi connectivity index (χ4n) is 1.67. The van der Waals surface area contributed by atoms with Gasteiger partial charge in [-0.05, 0) is 33.9 Å². The minimum atomic E-state index is 0.269. The topological polar surface area (TPSA) is 23.6 Å². The third kappa shape index (κ3) is 2.21. The Bertz CT molecular complexity index is 168. The molecule has 0 aliphatic carbocycles. The third-order valence-electron chi connectivity index (χ3n) is 2.32. The van der Waals surface area contributed by atoms with Gasteiger partial charge in [0.05, 0.1) is 6.54 Å². The predicted molar refractivity (Wildman–Crippen MR) is 49.0 cm³/mol. The van der Waals surface area contributed by atoms with Crippen molar-refractivity contribution in [2.75, 3.05) is 27.2 Å². The second-order valence-electron chi connectivity index (χ2n) is 3.82. The van der Waals surface area contributed by atoms with Gasteiger partial charge in [-0.1, -0.05) is 0 Å². The van der Waals surface area contributed by atoms with Crippen LogP contribution in [-0.2, 0) is 4.79 Å². The number of hydrogen-bond donors (Lipinski definition) is 0. The summed E-state index contributed by atoms with van der Waals surface area (Å²) in [6.07, 6.45) is 2.33. The summed E-state index contributed by atoms with van der Waals surface area (Å²) in [5.74, 6) is 0.269. The van der Waals surface area contributed by atoms with Crippen LogP contribution in [0, 0.1) is 0 Å². The van der Waals surface area contributed by atoms with E-state index in [-0.39, 0.29) is 5.91 Å². The van der Waals surface area contributed by atoms with Gasteiger partial charge in [0.15, 0.2) is 0 Å². The molecule has 70 valence electrons. The number of hydrogen-bond acceptors (Lipinski definition) is 2. The van der Waals surface area contributed by atoms with Gasteiger partial charge in [-0.15, -0.1) is 0 Å². The molecule has 1 aliphatic heterocycles. The Labute approximate surface area is 74.3 Å². The van der Waals surface area contributed by atoms with Crippen molar-refractivity contribution in [1.29, 1.82) is 0 Å². The minimum absolute atomic E-state index is 0.269. The molecule has 1 saturated heterocycles. The summed E-state index contributed by atoms with van der Waals surface area (Å²) >= 11 is 0. The normalized spacial score (nSPS) is 23.7. The fourth-order valence-corrected chi connectivity index (χ4v) is 1.67. The van der Waals surface area contributed by atoms with Crippen LogP contribution in [0.3, 0.4) is 0 Å². The molecule has 3 nitrogen and oxygen atoms in total. The van der Waals surface area contributed by atoms with Crippen LogP contribution >= 0.6 is 0 Å². The van der Waals surface area contributed by atoms with Crippen LogP contribution in [-0.4, -0.2) is 48.9 Å². The minimum Gasteiger partial charge on any atom is -0.339 e. The van der Waals surface area contributed by atoms with Gasteiger partial charge < -0.3 is 9.80 Å². The lowest BCUT2D eigenvalue weighted by atomic mass is 10.2. The van der Waals surface area contributed by atoms with E-state index >= 15 is 0 Å². The number of carbonyl (C=O) groups is 1. The summed E-state index contributed by atoms with van der Waals surface area (Å²) in [6, 6.07) is 0.456. The smallest absolute Gasteiger partial charge is 0.236 e. The number of rotatable bonds is 2. The van der Waals surface area contributed by atoms with Crippen LogP contribution in [0.15, 0.2) is 0 Å². The van der Waals surface area contributed by atoms with Gasteiger partial charge in [0.25, 0.3) is 0 Å². The quantitative estimate of drug-likeness (QED) is 0.604. The van der Waals surface area contributed by atoms with Crippen LogP contribution in [0.4, 0.5) is 0 Å². The van der Waals surface area contributed by atoms with E-state index in [1.54, 1.807) is 0 Å². The zero-order valence-electron chi connectivity index (χ0n) is 8.21. The molecule has 12 heavy (non-hydrogen) atoms. The Kier molecular flexibility index (Phi) is 3.09. The lowest BCUT2D eigenvalue weighted by molar-refractivity contribution is -0.132. The second kappa shape index (κ2) is 3.90. The molecule has 1 fully saturated rings. The lowest BCUT2D eigenvalue weighted by Gasteiger charge is -2.23. The van der Waals surface area contributed by atoms with Gasteiger partial charge in [0.2, 0.25) is 5.91 Å². The standard InChI is InChI=1S/C9H18N2O/c1-8-5-4-6-11(8)9(12)7-10(2)3/h8H,4-7H2,1-3H3/t8-/m1/s1. The Balaban J connectivity index is 2.41. The SMILES string of the molecule is C[C@@H]1CCCN1C(=O)CN(C)C. The van der Waals surface area contributed by atoms with Gasteiger partial charge in [-0.2, -0.15) is 0 Å². The lowest BCUT2D eigenvalue weighted by Crippen LogP contribution is -2.39. The maximum Gasteiger partial charge on any atom is 0.236 e. The summed E-state index contributed by atoms with van der Waals surface area (Å²) in [6.45, 7) is 3.62. The molecule has 0 N–H and O–H groups in total. The largest absolute Gasteiger partial charge is 0.339 e. The summed E-state index contributed by atoms with van der Waals surface area (Å²) in [5.41, 5.74) is 0. The Morgan fingerprint density at radius 1 is 1.58 bits per heavy atom. The highest BCUT2D eigenvalue weighted by Crippen LogP contribution is 2.16. The molecule has 1 aliphatic rings. The van der Waals surface area contributed by atoms with E-state index in [0.29, 0.717) is 12.6 Å². The highest BCUT2D eigenvalue weighted by atomic mass is 16.2. The highest BCUT2D eigenvalue weighted by molar-refractivity contribution is 5.78. The molecule has 1 rings (SSSR count). The first kappa shape index (κ1) is 9.52. The van der Waals surface area contributed by atoms with Crippen LogP contribution in [0.5, 0.6) is 0 Å². The van der Waals surface area contributed by atoms with Crippen molar-refractivity contribution in [2.24, 2.45) is 0 Å². The molecule has 0 unspecified atom stereocenters. The molecule has 0 saturated carbocycles. The second-order valence-corrected chi connectivity index (χ2v) is 3.82. The molecule has 0 radical (unpaired) electrons. The fraction of sp³-hybridized carbons (Fsp3) is 0.889. The Morgan fingerprint density at radius 2 is 2.25 bits per heavy atom. The van der Waals surface area contributed by atoms with E-state index < -0.39 is 0 Å². The molecular weight excluding hydrogens is 152 g/mol. The molecule has 0 aromatic rings. The summed E-state index contributed by atoms with van der Waals surface area (Å²) in [5, 5.41) is 0. The Morgan fingerprint density at radius 3 is 2.67 bits per heavy atom. The van der Waals surface area contributed by atoms with Gasteiger partial charge in [-0.3, -0.25) is 4.79 Å². The predicted octanol–water partition coefficient (Wildman–Crippen LogP) is 0.559. The van der Waals surface area contributed by atoms with Crippen molar-refractivity contribution < 1.29 is 4.79 Å². The van der Waals surface area contributed by atoms with E-state index in [1.807, 2.05) is 23.9 Å². The van der Waals surface area contributed by atoms with Crippen molar-refractivity contribution in [2.45, 2.75) is 25.8 Å². The number of likely N-dealkylation sites (N-methyl/N-ethyl adjacent to an activating group) is 1. The van der Waals surface area contributed by atoms with Gasteiger partial charge in [-0.25, -0.2) is 0 Å².